The van der Waals surface area contributed by atoms with Crippen LogP contribution < -0.4 is 10.1 Å². The zero-order chi connectivity index (χ0) is 18.0. The molecule has 1 N–H and O–H groups in total. The SMILES string of the molecule is CC(C)Cn1cc(OC(=O)Nc2c(Cl)cncc2Cl)c2cccnc21. The maximum absolute atomic E-state index is 12.3. The molecule has 3 aromatic heterocycles. The van der Waals surface area contributed by atoms with Crippen LogP contribution in [-0.4, -0.2) is 20.6 Å². The summed E-state index contributed by atoms with van der Waals surface area (Å²) in [7, 11) is 0. The molecule has 0 aliphatic carbocycles. The Bertz CT molecular complexity index is 904. The minimum atomic E-state index is -0.692. The van der Waals surface area contributed by atoms with E-state index < -0.39 is 6.09 Å². The van der Waals surface area contributed by atoms with Crippen LogP contribution in [0.1, 0.15) is 13.8 Å². The van der Waals surface area contributed by atoms with E-state index in [1.54, 1.807) is 18.5 Å². The number of hydrogen-bond donors (Lipinski definition) is 1. The molecule has 0 radical (unpaired) electrons. The molecule has 0 aliphatic rings. The third kappa shape index (κ3) is 3.86. The van der Waals surface area contributed by atoms with Crippen molar-refractivity contribution in [3.63, 3.8) is 0 Å². The smallest absolute Gasteiger partial charge is 0.408 e. The van der Waals surface area contributed by atoms with Crippen molar-refractivity contribution in [2.24, 2.45) is 5.92 Å². The lowest BCUT2D eigenvalue weighted by atomic mass is 10.2. The summed E-state index contributed by atoms with van der Waals surface area (Å²) in [5.74, 6) is 0.844. The van der Waals surface area contributed by atoms with Gasteiger partial charge in [0.15, 0.2) is 5.75 Å². The molecule has 8 heteroatoms. The summed E-state index contributed by atoms with van der Waals surface area (Å²) in [6, 6.07) is 3.65. The fourth-order valence-electron chi connectivity index (χ4n) is 2.46. The topological polar surface area (TPSA) is 69.0 Å². The summed E-state index contributed by atoms with van der Waals surface area (Å²) in [4.78, 5) is 20.5. The number of aromatic nitrogens is 3. The largest absolute Gasteiger partial charge is 0.417 e. The van der Waals surface area contributed by atoms with Gasteiger partial charge in [-0.2, -0.15) is 0 Å². The Balaban J connectivity index is 1.86. The average Bonchev–Trinajstić information content (AvgIpc) is 2.88. The first kappa shape index (κ1) is 17.5. The van der Waals surface area contributed by atoms with Gasteiger partial charge in [0.2, 0.25) is 0 Å². The minimum Gasteiger partial charge on any atom is -0.408 e. The molecule has 0 saturated carbocycles. The molecule has 0 saturated heterocycles. The number of anilines is 1. The number of pyridine rings is 2. The van der Waals surface area contributed by atoms with Gasteiger partial charge >= 0.3 is 6.09 Å². The molecule has 0 aliphatic heterocycles. The van der Waals surface area contributed by atoms with Crippen LogP contribution in [0.15, 0.2) is 36.9 Å². The van der Waals surface area contributed by atoms with Gasteiger partial charge in [0, 0.05) is 31.3 Å². The number of nitrogens with zero attached hydrogens (tertiary/aromatic N) is 3. The Morgan fingerprint density at radius 2 is 2.04 bits per heavy atom. The zero-order valence-electron chi connectivity index (χ0n) is 13.7. The number of ether oxygens (including phenoxy) is 1. The molecule has 0 aromatic carbocycles. The lowest BCUT2D eigenvalue weighted by Crippen LogP contribution is -2.17. The highest BCUT2D eigenvalue weighted by Crippen LogP contribution is 2.30. The molecule has 1 amide bonds. The van der Waals surface area contributed by atoms with E-state index in [2.05, 4.69) is 29.1 Å². The summed E-state index contributed by atoms with van der Waals surface area (Å²) >= 11 is 12.0. The maximum atomic E-state index is 12.3. The second kappa shape index (κ2) is 7.29. The molecule has 25 heavy (non-hydrogen) atoms. The summed E-state index contributed by atoms with van der Waals surface area (Å²) in [5.41, 5.74) is 1.02. The predicted molar refractivity (Wildman–Crippen MR) is 98.5 cm³/mol. The lowest BCUT2D eigenvalue weighted by molar-refractivity contribution is 0.215. The summed E-state index contributed by atoms with van der Waals surface area (Å²) < 4.78 is 7.42. The number of rotatable bonds is 4. The standard InChI is InChI=1S/C17H16Cl2N4O2/c1-10(2)8-23-9-14(11-4-3-5-21-16(11)23)25-17(24)22-15-12(18)6-20-7-13(15)19/h3-7,9-10H,8H2,1-2H3,(H,20,22,24). The summed E-state index contributed by atoms with van der Waals surface area (Å²) in [5, 5.41) is 3.76. The van der Waals surface area contributed by atoms with Gasteiger partial charge in [-0.05, 0) is 18.1 Å². The summed E-state index contributed by atoms with van der Waals surface area (Å²) in [6.45, 7) is 4.98. The molecule has 3 aromatic rings. The van der Waals surface area contributed by atoms with E-state index in [-0.39, 0.29) is 15.7 Å². The third-order valence-corrected chi connectivity index (χ3v) is 4.02. The highest BCUT2D eigenvalue weighted by molar-refractivity contribution is 6.39. The van der Waals surface area contributed by atoms with Crippen molar-refractivity contribution in [3.8, 4) is 5.75 Å². The van der Waals surface area contributed by atoms with Crippen LogP contribution >= 0.6 is 23.2 Å². The molecule has 0 bridgehead atoms. The predicted octanol–water partition coefficient (Wildman–Crippen LogP) is 5.01. The Labute approximate surface area is 154 Å². The lowest BCUT2D eigenvalue weighted by Gasteiger charge is -2.08. The number of hydrogen-bond acceptors (Lipinski definition) is 4. The van der Waals surface area contributed by atoms with Gasteiger partial charge in [-0.3, -0.25) is 10.3 Å². The van der Waals surface area contributed by atoms with Crippen molar-refractivity contribution in [2.45, 2.75) is 20.4 Å². The molecule has 0 spiro atoms. The van der Waals surface area contributed by atoms with E-state index >= 15 is 0 Å². The van der Waals surface area contributed by atoms with E-state index in [9.17, 15) is 4.79 Å². The normalized spacial score (nSPS) is 11.1. The van der Waals surface area contributed by atoms with Crippen LogP contribution in [0.3, 0.4) is 0 Å². The second-order valence-electron chi connectivity index (χ2n) is 5.91. The van der Waals surface area contributed by atoms with E-state index in [4.69, 9.17) is 27.9 Å². The Morgan fingerprint density at radius 1 is 1.32 bits per heavy atom. The van der Waals surface area contributed by atoms with Crippen molar-refractivity contribution < 1.29 is 9.53 Å². The van der Waals surface area contributed by atoms with Crippen LogP contribution in [0, 0.1) is 5.92 Å². The van der Waals surface area contributed by atoms with E-state index in [0.717, 1.165) is 17.6 Å². The number of nitrogens with one attached hydrogen (secondary N) is 1. The van der Waals surface area contributed by atoms with Gasteiger partial charge in [0.05, 0.1) is 21.1 Å². The first-order chi connectivity index (χ1) is 12.0. The van der Waals surface area contributed by atoms with Gasteiger partial charge in [0.1, 0.15) is 5.65 Å². The minimum absolute atomic E-state index is 0.230. The molecule has 3 rings (SSSR count). The molecule has 130 valence electrons. The first-order valence-electron chi connectivity index (χ1n) is 7.67. The van der Waals surface area contributed by atoms with Crippen LogP contribution in [-0.2, 0) is 6.54 Å². The Kier molecular flexibility index (Phi) is 5.11. The quantitative estimate of drug-likeness (QED) is 0.692. The van der Waals surface area contributed by atoms with Crippen LogP contribution in [0.4, 0.5) is 10.5 Å². The molecule has 0 fully saturated rings. The van der Waals surface area contributed by atoms with Gasteiger partial charge in [-0.1, -0.05) is 37.0 Å². The average molecular weight is 379 g/mol. The summed E-state index contributed by atoms with van der Waals surface area (Å²) in [6.07, 6.45) is 5.57. The zero-order valence-corrected chi connectivity index (χ0v) is 15.2. The first-order valence-corrected chi connectivity index (χ1v) is 8.43. The second-order valence-corrected chi connectivity index (χ2v) is 6.72. The molecular weight excluding hydrogens is 363 g/mol. The van der Waals surface area contributed by atoms with Crippen molar-refractivity contribution in [3.05, 3.63) is 47.0 Å². The van der Waals surface area contributed by atoms with Crippen molar-refractivity contribution in [2.75, 3.05) is 5.32 Å². The van der Waals surface area contributed by atoms with E-state index in [1.807, 2.05) is 10.6 Å². The fourth-order valence-corrected chi connectivity index (χ4v) is 2.92. The number of carbonyl (C=O) groups excluding carboxylic acids is 1. The van der Waals surface area contributed by atoms with Gasteiger partial charge < -0.3 is 9.30 Å². The molecule has 0 unspecified atom stereocenters. The molecular formula is C17H16Cl2N4O2. The number of fused-ring (bicyclic) bond motifs is 1. The third-order valence-electron chi connectivity index (χ3n) is 3.44. The fraction of sp³-hybridized carbons (Fsp3) is 0.235. The van der Waals surface area contributed by atoms with Crippen LogP contribution in [0.25, 0.3) is 11.0 Å². The van der Waals surface area contributed by atoms with E-state index in [1.165, 1.54) is 12.4 Å². The highest BCUT2D eigenvalue weighted by Gasteiger charge is 2.16. The van der Waals surface area contributed by atoms with Gasteiger partial charge in [0.25, 0.3) is 0 Å². The van der Waals surface area contributed by atoms with Crippen LogP contribution in [0.2, 0.25) is 10.0 Å². The Hall–Kier alpha value is -2.31. The van der Waals surface area contributed by atoms with Gasteiger partial charge in [-0.15, -0.1) is 0 Å². The molecule has 6 nitrogen and oxygen atoms in total. The van der Waals surface area contributed by atoms with E-state index in [0.29, 0.717) is 11.7 Å². The molecule has 0 atom stereocenters. The van der Waals surface area contributed by atoms with Crippen molar-refractivity contribution >= 4 is 46.0 Å². The van der Waals surface area contributed by atoms with Gasteiger partial charge in [-0.25, -0.2) is 9.78 Å². The number of carbonyl (C=O) groups is 1. The molecule has 3 heterocycles. The monoisotopic (exact) mass is 378 g/mol. The number of halogens is 2. The highest BCUT2D eigenvalue weighted by atomic mass is 35.5. The maximum Gasteiger partial charge on any atom is 0.417 e. The Morgan fingerprint density at radius 3 is 2.72 bits per heavy atom. The van der Waals surface area contributed by atoms with Crippen LogP contribution in [0.5, 0.6) is 5.75 Å². The van der Waals surface area contributed by atoms with Crippen molar-refractivity contribution in [1.82, 2.24) is 14.5 Å². The van der Waals surface area contributed by atoms with Crippen molar-refractivity contribution in [1.29, 1.82) is 0 Å². The number of amides is 1.